The summed E-state index contributed by atoms with van der Waals surface area (Å²) in [5.41, 5.74) is 11.9. The topological polar surface area (TPSA) is 56.7 Å². The fourth-order valence-corrected chi connectivity index (χ4v) is 6.77. The molecule has 0 fully saturated rings. The Bertz CT molecular complexity index is 1750. The number of nitrogens with zero attached hydrogens (tertiary/aromatic N) is 2. The van der Waals surface area contributed by atoms with E-state index in [9.17, 15) is 4.79 Å². The van der Waals surface area contributed by atoms with Crippen molar-refractivity contribution in [1.29, 1.82) is 0 Å². The zero-order valence-electron chi connectivity index (χ0n) is 25.3. The number of fused-ring (bicyclic) bond motifs is 1. The van der Waals surface area contributed by atoms with E-state index in [1.54, 1.807) is 0 Å². The molecule has 0 saturated heterocycles. The summed E-state index contributed by atoms with van der Waals surface area (Å²) < 4.78 is 0. The van der Waals surface area contributed by atoms with E-state index in [1.807, 2.05) is 6.07 Å². The largest absolute Gasteiger partial charge is 0.372 e. The highest BCUT2D eigenvalue weighted by Gasteiger charge is 2.39. The molecular formula is C38H38N4O. The van der Waals surface area contributed by atoms with E-state index in [0.717, 1.165) is 58.0 Å². The Kier molecular flexibility index (Phi) is 6.69. The Balaban J connectivity index is 1.28. The second kappa shape index (κ2) is 10.6. The summed E-state index contributed by atoms with van der Waals surface area (Å²) in [6, 6.07) is 34.0. The van der Waals surface area contributed by atoms with Gasteiger partial charge in [-0.15, -0.1) is 0 Å². The Morgan fingerprint density at radius 3 is 2.14 bits per heavy atom. The molecule has 0 spiro atoms. The Hall–Kier alpha value is -4.64. The summed E-state index contributed by atoms with van der Waals surface area (Å²) in [6.45, 7) is 8.64. The van der Waals surface area contributed by atoms with Crippen molar-refractivity contribution in [3.8, 4) is 0 Å². The maximum Gasteiger partial charge on any atom is 0.163 e. The van der Waals surface area contributed by atoms with E-state index in [1.165, 1.54) is 16.7 Å². The number of anilines is 3. The molecule has 43 heavy (non-hydrogen) atoms. The summed E-state index contributed by atoms with van der Waals surface area (Å²) >= 11 is 0. The van der Waals surface area contributed by atoms with E-state index >= 15 is 0 Å². The number of nitrogens with one attached hydrogen (secondary N) is 2. The molecule has 5 nitrogen and oxygen atoms in total. The number of Topliss-reactive ketones (excluding diaryl/α,β-unsaturated/α-hetero) is 1. The monoisotopic (exact) mass is 566 g/mol. The molecule has 4 aromatic rings. The molecule has 0 amide bonds. The molecule has 0 bridgehead atoms. The third-order valence-electron chi connectivity index (χ3n) is 9.12. The van der Waals surface area contributed by atoms with Crippen molar-refractivity contribution in [3.63, 3.8) is 0 Å². The molecule has 5 heteroatoms. The van der Waals surface area contributed by atoms with Crippen molar-refractivity contribution in [3.05, 3.63) is 136 Å². The first-order valence-electron chi connectivity index (χ1n) is 15.2. The zero-order valence-corrected chi connectivity index (χ0v) is 25.3. The molecule has 2 atom stereocenters. The lowest BCUT2D eigenvalue weighted by molar-refractivity contribution is -0.118. The number of ketones is 1. The molecule has 2 heterocycles. The third kappa shape index (κ3) is 5.14. The molecule has 2 aliphatic heterocycles. The minimum atomic E-state index is -0.240. The molecule has 3 aliphatic rings. The lowest BCUT2D eigenvalue weighted by Crippen LogP contribution is -2.31. The number of hydrogen-bond donors (Lipinski definition) is 2. The van der Waals surface area contributed by atoms with Crippen LogP contribution < -0.4 is 15.6 Å². The number of rotatable bonds is 4. The highest BCUT2D eigenvalue weighted by atomic mass is 16.1. The number of carbonyl (C=O) groups excluding carboxylic acids is 1. The Morgan fingerprint density at radius 1 is 0.791 bits per heavy atom. The molecule has 0 saturated carbocycles. The van der Waals surface area contributed by atoms with Gasteiger partial charge in [-0.1, -0.05) is 86.6 Å². The first kappa shape index (κ1) is 27.2. The van der Waals surface area contributed by atoms with Crippen LogP contribution in [0.2, 0.25) is 0 Å². The van der Waals surface area contributed by atoms with Gasteiger partial charge < -0.3 is 10.6 Å². The van der Waals surface area contributed by atoms with Crippen LogP contribution in [0.1, 0.15) is 73.0 Å². The minimum absolute atomic E-state index is 0.0851. The number of aryl methyl sites for hydroxylation is 2. The third-order valence-corrected chi connectivity index (χ3v) is 9.12. The number of allylic oxidation sites excluding steroid dienone is 1. The lowest BCUT2D eigenvalue weighted by Gasteiger charge is -2.34. The van der Waals surface area contributed by atoms with E-state index in [2.05, 4.69) is 134 Å². The van der Waals surface area contributed by atoms with Crippen LogP contribution in [0.15, 0.2) is 113 Å². The maximum atomic E-state index is 13.7. The van der Waals surface area contributed by atoms with Crippen molar-refractivity contribution in [2.45, 2.75) is 59.0 Å². The molecule has 7 rings (SSSR count). The van der Waals surface area contributed by atoms with Gasteiger partial charge in [0.1, 0.15) is 0 Å². The van der Waals surface area contributed by atoms with Gasteiger partial charge in [0.15, 0.2) is 5.78 Å². The van der Waals surface area contributed by atoms with Gasteiger partial charge in [0, 0.05) is 24.1 Å². The SMILES string of the molecule is Cc1cc2c(cc1C)N[C@@H](c1ccc(N3N=C(c4ccccc4)C[C@H]3c3ccccc3)cc1)C1=C(CC(C)(C)CC1=O)N2. The van der Waals surface area contributed by atoms with Crippen LogP contribution in [-0.2, 0) is 4.79 Å². The van der Waals surface area contributed by atoms with Gasteiger partial charge in [0.2, 0.25) is 0 Å². The van der Waals surface area contributed by atoms with Crippen LogP contribution in [-0.4, -0.2) is 11.5 Å². The van der Waals surface area contributed by atoms with Gasteiger partial charge in [0.05, 0.1) is 34.9 Å². The van der Waals surface area contributed by atoms with Crippen LogP contribution >= 0.6 is 0 Å². The summed E-state index contributed by atoms with van der Waals surface area (Å²) in [5.74, 6) is 0.211. The van der Waals surface area contributed by atoms with E-state index < -0.39 is 0 Å². The van der Waals surface area contributed by atoms with E-state index in [-0.39, 0.29) is 23.3 Å². The minimum Gasteiger partial charge on any atom is -0.372 e. The zero-order chi connectivity index (χ0) is 29.7. The molecule has 0 aromatic heterocycles. The van der Waals surface area contributed by atoms with Crippen molar-refractivity contribution in [1.82, 2.24) is 0 Å². The van der Waals surface area contributed by atoms with Crippen molar-refractivity contribution >= 4 is 28.6 Å². The highest BCUT2D eigenvalue weighted by Crippen LogP contribution is 2.46. The van der Waals surface area contributed by atoms with Gasteiger partial charge in [0.25, 0.3) is 0 Å². The van der Waals surface area contributed by atoms with Crippen LogP contribution in [0.25, 0.3) is 0 Å². The van der Waals surface area contributed by atoms with Gasteiger partial charge in [-0.25, -0.2) is 0 Å². The number of hydrazone groups is 1. The predicted octanol–water partition coefficient (Wildman–Crippen LogP) is 8.88. The van der Waals surface area contributed by atoms with Crippen LogP contribution in [0, 0.1) is 19.3 Å². The average molecular weight is 567 g/mol. The first-order valence-corrected chi connectivity index (χ1v) is 15.2. The first-order chi connectivity index (χ1) is 20.8. The predicted molar refractivity (Wildman–Crippen MR) is 177 cm³/mol. The molecule has 1 aliphatic carbocycles. The summed E-state index contributed by atoms with van der Waals surface area (Å²) in [5, 5.41) is 14.8. The molecule has 0 unspecified atom stereocenters. The second-order valence-corrected chi connectivity index (χ2v) is 13.0. The van der Waals surface area contributed by atoms with Gasteiger partial charge >= 0.3 is 0 Å². The normalized spacial score (nSPS) is 20.9. The summed E-state index contributed by atoms with van der Waals surface area (Å²) in [6.07, 6.45) is 2.21. The smallest absolute Gasteiger partial charge is 0.163 e. The van der Waals surface area contributed by atoms with Gasteiger partial charge in [-0.05, 0) is 77.8 Å². The quantitative estimate of drug-likeness (QED) is 0.259. The second-order valence-electron chi connectivity index (χ2n) is 13.0. The number of hydrogen-bond acceptors (Lipinski definition) is 5. The number of carbonyl (C=O) groups is 1. The van der Waals surface area contributed by atoms with Crippen molar-refractivity contribution < 1.29 is 4.79 Å². The maximum absolute atomic E-state index is 13.7. The lowest BCUT2D eigenvalue weighted by atomic mass is 9.73. The summed E-state index contributed by atoms with van der Waals surface area (Å²) in [7, 11) is 0. The van der Waals surface area contributed by atoms with Crippen molar-refractivity contribution in [2.24, 2.45) is 10.5 Å². The molecule has 4 aromatic carbocycles. The van der Waals surface area contributed by atoms with Gasteiger partial charge in [-0.2, -0.15) is 5.10 Å². The van der Waals surface area contributed by atoms with Gasteiger partial charge in [-0.3, -0.25) is 9.80 Å². The number of benzene rings is 4. The van der Waals surface area contributed by atoms with E-state index in [0.29, 0.717) is 6.42 Å². The van der Waals surface area contributed by atoms with Crippen LogP contribution in [0.4, 0.5) is 17.1 Å². The molecular weight excluding hydrogens is 528 g/mol. The van der Waals surface area contributed by atoms with E-state index in [4.69, 9.17) is 5.10 Å². The van der Waals surface area contributed by atoms with Crippen LogP contribution in [0.3, 0.4) is 0 Å². The Labute approximate surface area is 254 Å². The summed E-state index contributed by atoms with van der Waals surface area (Å²) in [4.78, 5) is 13.7. The van der Waals surface area contributed by atoms with Crippen molar-refractivity contribution in [2.75, 3.05) is 15.6 Å². The molecule has 216 valence electrons. The fraction of sp³-hybridized carbons (Fsp3) is 0.263. The Morgan fingerprint density at radius 2 is 1.44 bits per heavy atom. The van der Waals surface area contributed by atoms with Crippen LogP contribution in [0.5, 0.6) is 0 Å². The highest BCUT2D eigenvalue weighted by molar-refractivity contribution is 6.03. The molecule has 0 radical (unpaired) electrons. The molecule has 2 N–H and O–H groups in total. The standard InChI is InChI=1S/C38H38N4O/c1-24-19-31-32(20-25(24)2)40-37(36-33(39-31)22-38(3,4)23-35(36)43)28-15-17-29(18-16-28)42-34(27-13-9-6-10-14-27)21-30(41-42)26-11-7-5-8-12-26/h5-20,34,37,39-40H,21-23H2,1-4H3/t34-,37-/m0/s1. The average Bonchev–Trinajstić information content (AvgIpc) is 3.38. The fourth-order valence-electron chi connectivity index (χ4n) is 6.77.